The van der Waals surface area contributed by atoms with Crippen molar-refractivity contribution in [1.29, 1.82) is 0 Å². The summed E-state index contributed by atoms with van der Waals surface area (Å²) in [5.41, 5.74) is 2.16. The van der Waals surface area contributed by atoms with Crippen LogP contribution >= 0.6 is 0 Å². The molecule has 0 aliphatic rings. The number of benzene rings is 1. The maximum absolute atomic E-state index is 11.7. The van der Waals surface area contributed by atoms with Gasteiger partial charge in [0.1, 0.15) is 0 Å². The fraction of sp³-hybridized carbons (Fsp3) is 0.375. The summed E-state index contributed by atoms with van der Waals surface area (Å²) in [4.78, 5) is 18.1. The normalized spacial score (nSPS) is 10.9. The molecule has 4 heteroatoms. The van der Waals surface area contributed by atoms with E-state index in [4.69, 9.17) is 0 Å². The fourth-order valence-corrected chi connectivity index (χ4v) is 2.21. The number of carbonyl (C=O) groups excluding carboxylic acids is 1. The molecule has 2 rings (SSSR count). The molecule has 1 heterocycles. The van der Waals surface area contributed by atoms with E-state index in [1.807, 2.05) is 31.0 Å². The molecule has 0 radical (unpaired) electrons. The quantitative estimate of drug-likeness (QED) is 0.876. The van der Waals surface area contributed by atoms with E-state index in [0.717, 1.165) is 29.4 Å². The number of hydrogen-bond acceptors (Lipinski definition) is 3. The van der Waals surface area contributed by atoms with E-state index in [1.54, 1.807) is 6.20 Å². The highest BCUT2D eigenvalue weighted by Crippen LogP contribution is 2.16. The van der Waals surface area contributed by atoms with E-state index in [0.29, 0.717) is 13.1 Å². The van der Waals surface area contributed by atoms with Crippen molar-refractivity contribution in [2.45, 2.75) is 19.9 Å². The zero-order chi connectivity index (χ0) is 14.4. The number of nitrogens with zero attached hydrogens (tertiary/aromatic N) is 2. The summed E-state index contributed by atoms with van der Waals surface area (Å²) >= 11 is 0. The van der Waals surface area contributed by atoms with E-state index in [1.165, 1.54) is 0 Å². The molecule has 0 spiro atoms. The van der Waals surface area contributed by atoms with Crippen molar-refractivity contribution in [3.8, 4) is 0 Å². The molecule has 0 unspecified atom stereocenters. The van der Waals surface area contributed by atoms with Crippen LogP contribution in [0.3, 0.4) is 0 Å². The molecule has 0 atom stereocenters. The summed E-state index contributed by atoms with van der Waals surface area (Å²) in [6, 6.07) is 10.1. The monoisotopic (exact) mass is 271 g/mol. The Hall–Kier alpha value is -1.94. The van der Waals surface area contributed by atoms with Crippen molar-refractivity contribution in [2.24, 2.45) is 0 Å². The Morgan fingerprint density at radius 1 is 1.30 bits per heavy atom. The number of carbonyl (C=O) groups is 1. The van der Waals surface area contributed by atoms with Gasteiger partial charge in [0.05, 0.1) is 12.1 Å². The average molecular weight is 271 g/mol. The average Bonchev–Trinajstić information content (AvgIpc) is 2.45. The lowest BCUT2D eigenvalue weighted by Gasteiger charge is -2.17. The van der Waals surface area contributed by atoms with Crippen LogP contribution in [-0.2, 0) is 11.3 Å². The maximum Gasteiger partial charge on any atom is 0.234 e. The van der Waals surface area contributed by atoms with Crippen LogP contribution in [0.2, 0.25) is 0 Å². The summed E-state index contributed by atoms with van der Waals surface area (Å²) in [6.45, 7) is 3.91. The van der Waals surface area contributed by atoms with Gasteiger partial charge in [-0.2, -0.15) is 0 Å². The lowest BCUT2D eigenvalue weighted by Crippen LogP contribution is -2.35. The Labute approximate surface area is 119 Å². The van der Waals surface area contributed by atoms with Crippen LogP contribution in [0.5, 0.6) is 0 Å². The van der Waals surface area contributed by atoms with Gasteiger partial charge in [-0.15, -0.1) is 0 Å². The van der Waals surface area contributed by atoms with Crippen molar-refractivity contribution in [3.63, 3.8) is 0 Å². The Morgan fingerprint density at radius 3 is 2.90 bits per heavy atom. The molecule has 2 aromatic rings. The second kappa shape index (κ2) is 7.01. The van der Waals surface area contributed by atoms with Gasteiger partial charge in [0.25, 0.3) is 0 Å². The molecule has 0 saturated carbocycles. The molecule has 1 amide bonds. The predicted octanol–water partition coefficient (Wildman–Crippen LogP) is 2.19. The molecule has 0 bridgehead atoms. The highest BCUT2D eigenvalue weighted by Gasteiger charge is 2.08. The van der Waals surface area contributed by atoms with E-state index < -0.39 is 0 Å². The van der Waals surface area contributed by atoms with Gasteiger partial charge in [-0.05, 0) is 25.1 Å². The van der Waals surface area contributed by atoms with E-state index in [9.17, 15) is 4.79 Å². The maximum atomic E-state index is 11.7. The number of para-hydroxylation sites is 1. The Morgan fingerprint density at radius 2 is 2.10 bits per heavy atom. The van der Waals surface area contributed by atoms with Gasteiger partial charge in [-0.25, -0.2) is 0 Å². The number of rotatable bonds is 6. The van der Waals surface area contributed by atoms with Crippen molar-refractivity contribution in [3.05, 3.63) is 42.1 Å². The molecule has 0 saturated heterocycles. The van der Waals surface area contributed by atoms with Crippen molar-refractivity contribution >= 4 is 16.8 Å². The zero-order valence-corrected chi connectivity index (χ0v) is 12.1. The molecule has 20 heavy (non-hydrogen) atoms. The number of amides is 1. The second-order valence-electron chi connectivity index (χ2n) is 5.01. The third-order valence-corrected chi connectivity index (χ3v) is 3.14. The minimum Gasteiger partial charge on any atom is -0.355 e. The van der Waals surface area contributed by atoms with Crippen LogP contribution in [0.1, 0.15) is 18.9 Å². The molecule has 1 N–H and O–H groups in total. The molecule has 0 aliphatic heterocycles. The van der Waals surface area contributed by atoms with Crippen LogP contribution in [-0.4, -0.2) is 35.9 Å². The van der Waals surface area contributed by atoms with Gasteiger partial charge in [0.15, 0.2) is 0 Å². The van der Waals surface area contributed by atoms with Crippen LogP contribution in [0.25, 0.3) is 10.9 Å². The number of hydrogen-bond donors (Lipinski definition) is 1. The molecule has 106 valence electrons. The predicted molar refractivity (Wildman–Crippen MR) is 81.4 cm³/mol. The van der Waals surface area contributed by atoms with Gasteiger partial charge in [-0.1, -0.05) is 31.2 Å². The molecule has 4 nitrogen and oxygen atoms in total. The van der Waals surface area contributed by atoms with Crippen molar-refractivity contribution < 1.29 is 4.79 Å². The minimum absolute atomic E-state index is 0.0718. The lowest BCUT2D eigenvalue weighted by atomic mass is 10.1. The van der Waals surface area contributed by atoms with Crippen LogP contribution in [0.4, 0.5) is 0 Å². The second-order valence-corrected chi connectivity index (χ2v) is 5.01. The standard InChI is InChI=1S/C16H21N3O/c1-3-9-17-15(20)12-19(2)11-14-7-4-6-13-8-5-10-18-16(13)14/h4-8,10H,3,9,11-12H2,1-2H3,(H,17,20). The van der Waals surface area contributed by atoms with E-state index in [2.05, 4.69) is 28.5 Å². The van der Waals surface area contributed by atoms with Crippen LogP contribution < -0.4 is 5.32 Å². The van der Waals surface area contributed by atoms with Gasteiger partial charge in [0.2, 0.25) is 5.91 Å². The highest BCUT2D eigenvalue weighted by atomic mass is 16.2. The van der Waals surface area contributed by atoms with Gasteiger partial charge in [0, 0.05) is 24.7 Å². The lowest BCUT2D eigenvalue weighted by molar-refractivity contribution is -0.122. The number of aromatic nitrogens is 1. The number of fused-ring (bicyclic) bond motifs is 1. The summed E-state index contributed by atoms with van der Waals surface area (Å²) in [5.74, 6) is 0.0718. The smallest absolute Gasteiger partial charge is 0.234 e. The largest absolute Gasteiger partial charge is 0.355 e. The third kappa shape index (κ3) is 3.78. The molecule has 0 aliphatic carbocycles. The van der Waals surface area contributed by atoms with E-state index >= 15 is 0 Å². The molecular formula is C16H21N3O. The summed E-state index contributed by atoms with van der Waals surface area (Å²) in [5, 5.41) is 4.02. The first-order chi connectivity index (χ1) is 9.70. The first-order valence-electron chi connectivity index (χ1n) is 6.98. The fourth-order valence-electron chi connectivity index (χ4n) is 2.21. The van der Waals surface area contributed by atoms with Gasteiger partial charge in [-0.3, -0.25) is 14.7 Å². The Bertz CT molecular complexity index is 577. The van der Waals surface area contributed by atoms with Crippen molar-refractivity contribution in [2.75, 3.05) is 20.1 Å². The third-order valence-electron chi connectivity index (χ3n) is 3.14. The highest BCUT2D eigenvalue weighted by molar-refractivity contribution is 5.81. The first kappa shape index (κ1) is 14.5. The molecule has 1 aromatic carbocycles. The summed E-state index contributed by atoms with van der Waals surface area (Å²) < 4.78 is 0. The van der Waals surface area contributed by atoms with E-state index in [-0.39, 0.29) is 5.91 Å². The molecule has 1 aromatic heterocycles. The van der Waals surface area contributed by atoms with Crippen molar-refractivity contribution in [1.82, 2.24) is 15.2 Å². The summed E-state index contributed by atoms with van der Waals surface area (Å²) in [6.07, 6.45) is 2.77. The topological polar surface area (TPSA) is 45.2 Å². The molecule has 0 fully saturated rings. The minimum atomic E-state index is 0.0718. The van der Waals surface area contributed by atoms with Crippen LogP contribution in [0.15, 0.2) is 36.5 Å². The Kier molecular flexibility index (Phi) is 5.07. The summed E-state index contributed by atoms with van der Waals surface area (Å²) in [7, 11) is 1.95. The first-order valence-corrected chi connectivity index (χ1v) is 6.98. The Balaban J connectivity index is 2.03. The zero-order valence-electron chi connectivity index (χ0n) is 12.1. The van der Waals surface area contributed by atoms with Gasteiger partial charge < -0.3 is 5.32 Å². The number of likely N-dealkylation sites (N-methyl/N-ethyl adjacent to an activating group) is 1. The van der Waals surface area contributed by atoms with Gasteiger partial charge >= 0.3 is 0 Å². The van der Waals surface area contributed by atoms with Crippen LogP contribution in [0, 0.1) is 0 Å². The molecular weight excluding hydrogens is 250 g/mol. The number of nitrogens with one attached hydrogen (secondary N) is 1. The SMILES string of the molecule is CCCNC(=O)CN(C)Cc1cccc2cccnc12. The number of pyridine rings is 1.